The molecule has 0 saturated carbocycles. The Morgan fingerprint density at radius 3 is 1.27 bits per heavy atom. The second-order valence-electron chi connectivity index (χ2n) is 8.48. The molecular formula is C26H34N2O2. The largest absolute Gasteiger partial charge is 0.300 e. The van der Waals surface area contributed by atoms with Gasteiger partial charge in [-0.1, -0.05) is 48.5 Å². The monoisotopic (exact) mass is 406 g/mol. The Labute approximate surface area is 180 Å². The molecule has 30 heavy (non-hydrogen) atoms. The molecule has 4 heteroatoms. The first kappa shape index (κ1) is 22.4. The van der Waals surface area contributed by atoms with E-state index in [1.54, 1.807) is 0 Å². The SMILES string of the molecule is Cc1ccccc1CN1CCC(=O)CC1.Cc1ccccc1CN1CCC(=O)CC1. The van der Waals surface area contributed by atoms with Crippen molar-refractivity contribution in [3.8, 4) is 0 Å². The Morgan fingerprint density at radius 1 is 0.600 bits per heavy atom. The topological polar surface area (TPSA) is 40.6 Å². The molecule has 0 bridgehead atoms. The van der Waals surface area contributed by atoms with Gasteiger partial charge in [0.2, 0.25) is 0 Å². The number of hydrogen-bond donors (Lipinski definition) is 0. The molecule has 0 atom stereocenters. The molecule has 2 aliphatic rings. The predicted octanol–water partition coefficient (Wildman–Crippen LogP) is 4.32. The molecule has 2 aliphatic heterocycles. The van der Waals surface area contributed by atoms with Crippen molar-refractivity contribution in [1.82, 2.24) is 9.80 Å². The smallest absolute Gasteiger partial charge is 0.135 e. The highest BCUT2D eigenvalue weighted by molar-refractivity contribution is 5.79. The number of benzene rings is 2. The van der Waals surface area contributed by atoms with Crippen LogP contribution in [-0.2, 0) is 22.7 Å². The Morgan fingerprint density at radius 2 is 0.933 bits per heavy atom. The van der Waals surface area contributed by atoms with E-state index in [-0.39, 0.29) is 0 Å². The Balaban J connectivity index is 0.000000171. The van der Waals surface area contributed by atoms with Crippen LogP contribution in [-0.4, -0.2) is 47.5 Å². The summed E-state index contributed by atoms with van der Waals surface area (Å²) in [5.41, 5.74) is 5.45. The van der Waals surface area contributed by atoms with Crippen LogP contribution in [0.2, 0.25) is 0 Å². The lowest BCUT2D eigenvalue weighted by Crippen LogP contribution is -2.33. The lowest BCUT2D eigenvalue weighted by atomic mass is 10.1. The standard InChI is InChI=1S/2C13H17NO/c2*1-11-4-2-3-5-12(11)10-14-8-6-13(15)7-9-14/h2*2-5H,6-10H2,1H3. The van der Waals surface area contributed by atoms with Gasteiger partial charge in [0, 0.05) is 65.0 Å². The third-order valence-electron chi connectivity index (χ3n) is 6.14. The van der Waals surface area contributed by atoms with Gasteiger partial charge in [0.15, 0.2) is 0 Å². The molecule has 2 fully saturated rings. The Bertz CT molecular complexity index is 770. The molecule has 160 valence electrons. The van der Waals surface area contributed by atoms with E-state index in [0.717, 1.165) is 65.0 Å². The van der Waals surface area contributed by atoms with Crippen LogP contribution in [0.3, 0.4) is 0 Å². The fourth-order valence-electron chi connectivity index (χ4n) is 3.98. The average Bonchev–Trinajstić information content (AvgIpc) is 2.75. The summed E-state index contributed by atoms with van der Waals surface area (Å²) in [6, 6.07) is 16.9. The summed E-state index contributed by atoms with van der Waals surface area (Å²) in [7, 11) is 0. The van der Waals surface area contributed by atoms with Gasteiger partial charge in [0.25, 0.3) is 0 Å². The zero-order valence-corrected chi connectivity index (χ0v) is 18.4. The quantitative estimate of drug-likeness (QED) is 0.758. The molecule has 2 saturated heterocycles. The van der Waals surface area contributed by atoms with Crippen LogP contribution in [0, 0.1) is 13.8 Å². The van der Waals surface area contributed by atoms with E-state index in [1.807, 2.05) is 0 Å². The van der Waals surface area contributed by atoms with E-state index in [0.29, 0.717) is 11.6 Å². The molecule has 0 aliphatic carbocycles. The number of aryl methyl sites for hydroxylation is 2. The lowest BCUT2D eigenvalue weighted by Gasteiger charge is -2.26. The second kappa shape index (κ2) is 11.2. The number of hydrogen-bond acceptors (Lipinski definition) is 4. The summed E-state index contributed by atoms with van der Waals surface area (Å²) in [6.07, 6.45) is 2.91. The number of piperidine rings is 2. The Hall–Kier alpha value is -2.30. The molecular weight excluding hydrogens is 372 g/mol. The lowest BCUT2D eigenvalue weighted by molar-refractivity contribution is -0.122. The third kappa shape index (κ3) is 6.89. The minimum atomic E-state index is 0.413. The van der Waals surface area contributed by atoms with Crippen molar-refractivity contribution >= 4 is 11.6 Å². The summed E-state index contributed by atoms with van der Waals surface area (Å²) in [5, 5.41) is 0. The summed E-state index contributed by atoms with van der Waals surface area (Å²) in [6.45, 7) is 9.95. The molecule has 0 aromatic heterocycles. The minimum absolute atomic E-state index is 0.413. The Kier molecular flexibility index (Phi) is 8.35. The fraction of sp³-hybridized carbons (Fsp3) is 0.462. The van der Waals surface area contributed by atoms with Crippen LogP contribution in [0.15, 0.2) is 48.5 Å². The van der Waals surface area contributed by atoms with E-state index in [9.17, 15) is 9.59 Å². The minimum Gasteiger partial charge on any atom is -0.300 e. The van der Waals surface area contributed by atoms with Gasteiger partial charge in [-0.15, -0.1) is 0 Å². The van der Waals surface area contributed by atoms with Gasteiger partial charge in [-0.25, -0.2) is 0 Å². The van der Waals surface area contributed by atoms with E-state index in [2.05, 4.69) is 72.2 Å². The zero-order chi connectivity index (χ0) is 21.3. The first-order valence-corrected chi connectivity index (χ1v) is 11.1. The summed E-state index contributed by atoms with van der Waals surface area (Å²) < 4.78 is 0. The molecule has 0 radical (unpaired) electrons. The highest BCUT2D eigenvalue weighted by atomic mass is 16.1. The van der Waals surface area contributed by atoms with E-state index in [4.69, 9.17) is 0 Å². The number of likely N-dealkylation sites (tertiary alicyclic amines) is 2. The van der Waals surface area contributed by atoms with Crippen LogP contribution in [0.25, 0.3) is 0 Å². The summed E-state index contributed by atoms with van der Waals surface area (Å²) >= 11 is 0. The fourth-order valence-corrected chi connectivity index (χ4v) is 3.98. The van der Waals surface area contributed by atoms with E-state index < -0.39 is 0 Å². The molecule has 2 heterocycles. The third-order valence-corrected chi connectivity index (χ3v) is 6.14. The normalized spacial score (nSPS) is 18.1. The highest BCUT2D eigenvalue weighted by Crippen LogP contribution is 2.15. The summed E-state index contributed by atoms with van der Waals surface area (Å²) in [5.74, 6) is 0.826. The van der Waals surface area contributed by atoms with Crippen molar-refractivity contribution in [2.75, 3.05) is 26.2 Å². The number of nitrogens with zero attached hydrogens (tertiary/aromatic N) is 2. The van der Waals surface area contributed by atoms with Gasteiger partial charge < -0.3 is 0 Å². The zero-order valence-electron chi connectivity index (χ0n) is 18.4. The van der Waals surface area contributed by atoms with E-state index >= 15 is 0 Å². The number of Topliss-reactive ketones (excluding diaryl/α,β-unsaturated/α-hetero) is 2. The van der Waals surface area contributed by atoms with Crippen molar-refractivity contribution in [3.05, 3.63) is 70.8 Å². The number of rotatable bonds is 4. The molecule has 0 N–H and O–H groups in total. The maximum Gasteiger partial charge on any atom is 0.135 e. The van der Waals surface area contributed by atoms with Gasteiger partial charge in [0.1, 0.15) is 11.6 Å². The molecule has 0 spiro atoms. The van der Waals surface area contributed by atoms with Crippen molar-refractivity contribution in [2.45, 2.75) is 52.6 Å². The maximum absolute atomic E-state index is 11.1. The maximum atomic E-state index is 11.1. The molecule has 0 unspecified atom stereocenters. The molecule has 4 nitrogen and oxygen atoms in total. The van der Waals surface area contributed by atoms with Gasteiger partial charge in [-0.3, -0.25) is 19.4 Å². The molecule has 2 aromatic carbocycles. The second-order valence-corrected chi connectivity index (χ2v) is 8.48. The van der Waals surface area contributed by atoms with Crippen LogP contribution < -0.4 is 0 Å². The highest BCUT2D eigenvalue weighted by Gasteiger charge is 2.17. The van der Waals surface area contributed by atoms with Gasteiger partial charge >= 0.3 is 0 Å². The van der Waals surface area contributed by atoms with Crippen molar-refractivity contribution in [2.24, 2.45) is 0 Å². The average molecular weight is 407 g/mol. The molecule has 0 amide bonds. The number of ketones is 2. The first-order chi connectivity index (χ1) is 14.5. The predicted molar refractivity (Wildman–Crippen MR) is 121 cm³/mol. The van der Waals surface area contributed by atoms with Crippen LogP contribution in [0.1, 0.15) is 47.9 Å². The number of carbonyl (C=O) groups is 2. The summed E-state index contributed by atoms with van der Waals surface area (Å²) in [4.78, 5) is 26.9. The van der Waals surface area contributed by atoms with Gasteiger partial charge in [0.05, 0.1) is 0 Å². The number of carbonyl (C=O) groups excluding carboxylic acids is 2. The van der Waals surface area contributed by atoms with Crippen molar-refractivity contribution in [3.63, 3.8) is 0 Å². The van der Waals surface area contributed by atoms with Crippen LogP contribution in [0.4, 0.5) is 0 Å². The van der Waals surface area contributed by atoms with Crippen molar-refractivity contribution < 1.29 is 9.59 Å². The van der Waals surface area contributed by atoms with Gasteiger partial charge in [-0.2, -0.15) is 0 Å². The van der Waals surface area contributed by atoms with Crippen LogP contribution >= 0.6 is 0 Å². The van der Waals surface area contributed by atoms with E-state index in [1.165, 1.54) is 22.3 Å². The van der Waals surface area contributed by atoms with Crippen LogP contribution in [0.5, 0.6) is 0 Å². The molecule has 4 rings (SSSR count). The van der Waals surface area contributed by atoms with Gasteiger partial charge in [-0.05, 0) is 36.1 Å². The first-order valence-electron chi connectivity index (χ1n) is 11.1. The van der Waals surface area contributed by atoms with Crippen molar-refractivity contribution in [1.29, 1.82) is 0 Å². The molecule has 2 aromatic rings.